The van der Waals surface area contributed by atoms with Crippen LogP contribution in [0.2, 0.25) is 0 Å². The van der Waals surface area contributed by atoms with E-state index < -0.39 is 27.1 Å². The highest BCUT2D eigenvalue weighted by atomic mass is 31.2. The first kappa shape index (κ1) is 27.4. The van der Waals surface area contributed by atoms with Crippen LogP contribution in [0.3, 0.4) is 0 Å². The molecule has 0 aliphatic rings. The molecule has 0 fully saturated rings. The molecule has 0 bridgehead atoms. The number of ether oxygens (including phenoxy) is 1. The normalized spacial score (nSPS) is 12.1. The van der Waals surface area contributed by atoms with E-state index in [-0.39, 0.29) is 25.2 Å². The van der Waals surface area contributed by atoms with E-state index in [1.165, 1.54) is 0 Å². The van der Waals surface area contributed by atoms with Gasteiger partial charge in [0.05, 0.1) is 0 Å². The van der Waals surface area contributed by atoms with Crippen LogP contribution in [0.25, 0.3) is 0 Å². The highest BCUT2D eigenvalue weighted by molar-refractivity contribution is 7.52. The van der Waals surface area contributed by atoms with E-state index in [1.807, 2.05) is 0 Å². The summed E-state index contributed by atoms with van der Waals surface area (Å²) in [6, 6.07) is 0. The van der Waals surface area contributed by atoms with Gasteiger partial charge in [0, 0.05) is 25.2 Å². The van der Waals surface area contributed by atoms with Gasteiger partial charge in [0.1, 0.15) is 0 Å². The van der Waals surface area contributed by atoms with Crippen LogP contribution in [0, 0.1) is 0 Å². The zero-order valence-corrected chi connectivity index (χ0v) is 18.1. The average molecular weight is 444 g/mol. The first-order chi connectivity index (χ1) is 13.0. The van der Waals surface area contributed by atoms with E-state index in [4.69, 9.17) is 24.3 Å². The number of unbranched alkanes of at least 4 members (excludes halogenated alkanes) is 9. The predicted molar refractivity (Wildman–Crippen MR) is 105 cm³/mol. The summed E-state index contributed by atoms with van der Waals surface area (Å²) < 4.78 is 26.0. The fraction of sp³-hybridized carbons (Fsp3) is 0.882. The van der Waals surface area contributed by atoms with E-state index in [2.05, 4.69) is 0 Å². The molecule has 9 nitrogen and oxygen atoms in total. The second-order valence-electron chi connectivity index (χ2n) is 7.01. The second-order valence-corrected chi connectivity index (χ2v) is 10.6. The molecule has 0 aromatic heterocycles. The number of rotatable bonds is 17. The monoisotopic (exact) mass is 444 g/mol. The molecule has 0 amide bonds. The lowest BCUT2D eigenvalue weighted by atomic mass is 10.1. The van der Waals surface area contributed by atoms with Gasteiger partial charge in [-0.3, -0.25) is 18.7 Å². The molecule has 0 saturated heterocycles. The Hall–Kier alpha value is -0.560. The molecule has 0 spiro atoms. The quantitative estimate of drug-likeness (QED) is 0.114. The van der Waals surface area contributed by atoms with Crippen LogP contribution in [0.5, 0.6) is 0 Å². The molecule has 4 N–H and O–H groups in total. The topological polar surface area (TPSA) is 158 Å². The smallest absolute Gasteiger partial charge is 0.325 e. The summed E-state index contributed by atoms with van der Waals surface area (Å²) in [4.78, 5) is 57.9. The zero-order chi connectivity index (χ0) is 21.5. The Morgan fingerprint density at radius 1 is 0.536 bits per heavy atom. The summed E-state index contributed by atoms with van der Waals surface area (Å²) in [5.74, 6) is -1.14. The molecule has 0 atom stereocenters. The first-order valence-corrected chi connectivity index (χ1v) is 13.4. The standard InChI is InChI=1S/C17H34O9P2/c18-16(26-17(19)13-9-7-11-15-28(23,24)25)12-8-5-3-1-2-4-6-10-14-27(20,21)22/h1-15H2,(H2,20,21,22)(H2,23,24,25). The molecule has 0 heterocycles. The number of esters is 2. The van der Waals surface area contributed by atoms with Crippen molar-refractivity contribution < 1.29 is 43.0 Å². The van der Waals surface area contributed by atoms with Crippen molar-refractivity contribution in [2.24, 2.45) is 0 Å². The molecular formula is C17H34O9P2. The van der Waals surface area contributed by atoms with Crippen LogP contribution in [0.15, 0.2) is 0 Å². The summed E-state index contributed by atoms with van der Waals surface area (Å²) in [5, 5.41) is 0. The molecule has 11 heteroatoms. The van der Waals surface area contributed by atoms with E-state index in [0.29, 0.717) is 32.1 Å². The average Bonchev–Trinajstić information content (AvgIpc) is 2.54. The Labute approximate surface area is 166 Å². The number of hydrogen-bond acceptors (Lipinski definition) is 5. The van der Waals surface area contributed by atoms with Gasteiger partial charge in [-0.05, 0) is 25.7 Å². The minimum absolute atomic E-state index is 0.0543. The predicted octanol–water partition coefficient (Wildman–Crippen LogP) is 3.48. The SMILES string of the molecule is O=C(CCCCCCCCCCP(=O)(O)O)OC(=O)CCCCCP(=O)(O)O. The van der Waals surface area contributed by atoms with Crippen molar-refractivity contribution >= 4 is 27.1 Å². The molecule has 28 heavy (non-hydrogen) atoms. The third-order valence-electron chi connectivity index (χ3n) is 4.14. The largest absolute Gasteiger partial charge is 0.393 e. The van der Waals surface area contributed by atoms with Gasteiger partial charge in [0.25, 0.3) is 0 Å². The minimum Gasteiger partial charge on any atom is -0.393 e. The molecule has 0 aromatic carbocycles. The van der Waals surface area contributed by atoms with E-state index >= 15 is 0 Å². The lowest BCUT2D eigenvalue weighted by Gasteiger charge is -2.05. The fourth-order valence-electron chi connectivity index (χ4n) is 2.64. The molecular weight excluding hydrogens is 410 g/mol. The Morgan fingerprint density at radius 3 is 1.18 bits per heavy atom. The second kappa shape index (κ2) is 15.3. The Morgan fingerprint density at radius 2 is 0.821 bits per heavy atom. The van der Waals surface area contributed by atoms with Gasteiger partial charge < -0.3 is 24.3 Å². The molecule has 0 rings (SSSR count). The first-order valence-electron chi connectivity index (χ1n) is 9.82. The van der Waals surface area contributed by atoms with Gasteiger partial charge in [0.15, 0.2) is 0 Å². The molecule has 0 radical (unpaired) electrons. The molecule has 0 aliphatic carbocycles. The lowest BCUT2D eigenvalue weighted by Crippen LogP contribution is -2.11. The maximum absolute atomic E-state index is 11.6. The maximum atomic E-state index is 11.6. The Kier molecular flexibility index (Phi) is 15.0. The van der Waals surface area contributed by atoms with E-state index in [0.717, 1.165) is 38.5 Å². The van der Waals surface area contributed by atoms with Crippen molar-refractivity contribution in [3.05, 3.63) is 0 Å². The lowest BCUT2D eigenvalue weighted by molar-refractivity contribution is -0.159. The maximum Gasteiger partial charge on any atom is 0.325 e. The minimum atomic E-state index is -3.99. The van der Waals surface area contributed by atoms with Crippen molar-refractivity contribution in [1.29, 1.82) is 0 Å². The number of hydrogen-bond donors (Lipinski definition) is 4. The summed E-state index contributed by atoms with van der Waals surface area (Å²) >= 11 is 0. The van der Waals surface area contributed by atoms with Gasteiger partial charge in [-0.1, -0.05) is 44.9 Å². The summed E-state index contributed by atoms with van der Waals surface area (Å²) in [6.45, 7) is 0. The summed E-state index contributed by atoms with van der Waals surface area (Å²) in [7, 11) is -7.85. The van der Waals surface area contributed by atoms with Crippen LogP contribution in [-0.2, 0) is 23.5 Å². The molecule has 166 valence electrons. The van der Waals surface area contributed by atoms with Crippen LogP contribution in [-0.4, -0.2) is 43.8 Å². The van der Waals surface area contributed by atoms with Crippen molar-refractivity contribution in [2.75, 3.05) is 12.3 Å². The third kappa shape index (κ3) is 21.7. The molecule has 0 saturated carbocycles. The molecule has 0 unspecified atom stereocenters. The van der Waals surface area contributed by atoms with Gasteiger partial charge in [-0.25, -0.2) is 0 Å². The van der Waals surface area contributed by atoms with Crippen molar-refractivity contribution in [3.8, 4) is 0 Å². The van der Waals surface area contributed by atoms with Gasteiger partial charge in [0.2, 0.25) is 0 Å². The number of carbonyl (C=O) groups excluding carboxylic acids is 2. The Bertz CT molecular complexity index is 539. The van der Waals surface area contributed by atoms with Gasteiger partial charge in [-0.15, -0.1) is 0 Å². The van der Waals surface area contributed by atoms with Gasteiger partial charge in [-0.2, -0.15) is 0 Å². The fourth-order valence-corrected chi connectivity index (χ4v) is 3.91. The van der Waals surface area contributed by atoms with Crippen molar-refractivity contribution in [1.82, 2.24) is 0 Å². The van der Waals surface area contributed by atoms with Gasteiger partial charge >= 0.3 is 27.1 Å². The highest BCUT2D eigenvalue weighted by Crippen LogP contribution is 2.36. The van der Waals surface area contributed by atoms with E-state index in [9.17, 15) is 18.7 Å². The molecule has 0 aliphatic heterocycles. The van der Waals surface area contributed by atoms with Crippen LogP contribution >= 0.6 is 15.2 Å². The van der Waals surface area contributed by atoms with Crippen molar-refractivity contribution in [2.45, 2.75) is 83.5 Å². The van der Waals surface area contributed by atoms with Crippen LogP contribution in [0.4, 0.5) is 0 Å². The van der Waals surface area contributed by atoms with Crippen molar-refractivity contribution in [3.63, 3.8) is 0 Å². The molecule has 0 aromatic rings. The van der Waals surface area contributed by atoms with E-state index in [1.54, 1.807) is 0 Å². The number of carbonyl (C=O) groups is 2. The van der Waals surface area contributed by atoms with Crippen LogP contribution < -0.4 is 0 Å². The zero-order valence-electron chi connectivity index (χ0n) is 16.3. The Balaban J connectivity index is 3.46. The highest BCUT2D eigenvalue weighted by Gasteiger charge is 2.13. The summed E-state index contributed by atoms with van der Waals surface area (Å²) in [5.41, 5.74) is 0. The van der Waals surface area contributed by atoms with Crippen LogP contribution in [0.1, 0.15) is 83.5 Å². The third-order valence-corrected chi connectivity index (χ3v) is 5.94. The summed E-state index contributed by atoms with van der Waals surface area (Å²) in [6.07, 6.45) is 7.97.